The Balaban J connectivity index is 2.18. The van der Waals surface area contributed by atoms with Crippen LogP contribution in [0.2, 0.25) is 0 Å². The van der Waals surface area contributed by atoms with Gasteiger partial charge in [-0.3, -0.25) is 4.79 Å². The van der Waals surface area contributed by atoms with Crippen LogP contribution in [-0.2, 0) is 14.8 Å². The number of anilines is 1. The fraction of sp³-hybridized carbons (Fsp3) is 0.211. The third-order valence-electron chi connectivity index (χ3n) is 3.74. The minimum Gasteiger partial charge on any atom is -0.497 e. The van der Waals surface area contributed by atoms with Gasteiger partial charge in [0.05, 0.1) is 12.0 Å². The van der Waals surface area contributed by atoms with Crippen molar-refractivity contribution in [2.45, 2.75) is 11.8 Å². The first-order valence-corrected chi connectivity index (χ1v) is 9.34. The number of benzene rings is 2. The second kappa shape index (κ2) is 8.16. The van der Waals surface area contributed by atoms with Gasteiger partial charge in [-0.05, 0) is 48.4 Å². The first kappa shape index (κ1) is 19.7. The van der Waals surface area contributed by atoms with E-state index in [9.17, 15) is 13.2 Å². The Hall–Kier alpha value is -2.64. The van der Waals surface area contributed by atoms with Crippen LogP contribution in [0, 0.1) is 6.92 Å². The number of carbonyl (C=O) groups excluding carboxylic acids is 1. The largest absolute Gasteiger partial charge is 0.497 e. The lowest BCUT2D eigenvalue weighted by Gasteiger charge is -2.14. The molecule has 6 nitrogen and oxygen atoms in total. The molecule has 0 fully saturated rings. The molecule has 2 rings (SSSR count). The summed E-state index contributed by atoms with van der Waals surface area (Å²) in [5, 5.41) is 2.68. The van der Waals surface area contributed by atoms with Crippen molar-refractivity contribution in [3.63, 3.8) is 0 Å². The molecule has 0 atom stereocenters. The highest BCUT2D eigenvalue weighted by Gasteiger charge is 2.20. The summed E-state index contributed by atoms with van der Waals surface area (Å²) in [5.74, 6) is 0.342. The van der Waals surface area contributed by atoms with Crippen molar-refractivity contribution < 1.29 is 17.9 Å². The Morgan fingerprint density at radius 2 is 1.88 bits per heavy atom. The Bertz CT molecular complexity index is 934. The Kier molecular flexibility index (Phi) is 6.18. The summed E-state index contributed by atoms with van der Waals surface area (Å²) in [6, 6.07) is 12.1. The maximum Gasteiger partial charge on any atom is 0.248 e. The first-order valence-electron chi connectivity index (χ1n) is 7.90. The summed E-state index contributed by atoms with van der Waals surface area (Å²) in [4.78, 5) is 12.3. The number of nitrogens with zero attached hydrogens (tertiary/aromatic N) is 1. The number of ether oxygens (including phenoxy) is 1. The average Bonchev–Trinajstić information content (AvgIpc) is 2.61. The van der Waals surface area contributed by atoms with Gasteiger partial charge in [-0.1, -0.05) is 18.2 Å². The summed E-state index contributed by atoms with van der Waals surface area (Å²) in [6.07, 6.45) is 3.04. The van der Waals surface area contributed by atoms with Crippen LogP contribution in [0.5, 0.6) is 5.75 Å². The molecule has 0 heterocycles. The molecule has 0 radical (unpaired) electrons. The van der Waals surface area contributed by atoms with Crippen molar-refractivity contribution in [1.29, 1.82) is 0 Å². The Morgan fingerprint density at radius 3 is 2.54 bits per heavy atom. The topological polar surface area (TPSA) is 75.7 Å². The Labute approximate surface area is 154 Å². The zero-order valence-electron chi connectivity index (χ0n) is 15.2. The van der Waals surface area contributed by atoms with Crippen LogP contribution in [0.3, 0.4) is 0 Å². The quantitative estimate of drug-likeness (QED) is 0.789. The van der Waals surface area contributed by atoms with Crippen LogP contribution < -0.4 is 10.1 Å². The molecule has 1 N–H and O–H groups in total. The molecule has 0 unspecified atom stereocenters. The number of methoxy groups -OCH3 is 1. The molecule has 138 valence electrons. The van der Waals surface area contributed by atoms with E-state index in [2.05, 4.69) is 5.32 Å². The standard InChI is InChI=1S/C19H22N2O4S/c1-14-8-10-16(13-18(14)26(23,24)21(2)3)20-19(22)11-9-15-6-5-7-17(12-15)25-4/h5-13H,1-4H3,(H,20,22). The minimum absolute atomic E-state index is 0.164. The molecule has 0 bridgehead atoms. The third-order valence-corrected chi connectivity index (χ3v) is 5.69. The van der Waals surface area contributed by atoms with Crippen molar-refractivity contribution in [3.8, 4) is 5.75 Å². The van der Waals surface area contributed by atoms with E-state index in [0.717, 1.165) is 9.87 Å². The van der Waals surface area contributed by atoms with E-state index in [0.29, 0.717) is 17.0 Å². The number of rotatable bonds is 6. The number of hydrogen-bond acceptors (Lipinski definition) is 4. The molecule has 2 aromatic carbocycles. The summed E-state index contributed by atoms with van der Waals surface area (Å²) >= 11 is 0. The highest BCUT2D eigenvalue weighted by atomic mass is 32.2. The van der Waals surface area contributed by atoms with E-state index < -0.39 is 10.0 Å². The predicted molar refractivity (Wildman–Crippen MR) is 103 cm³/mol. The summed E-state index contributed by atoms with van der Waals surface area (Å²) in [7, 11) is 0.935. The average molecular weight is 374 g/mol. The van der Waals surface area contributed by atoms with E-state index in [4.69, 9.17) is 4.74 Å². The lowest BCUT2D eigenvalue weighted by molar-refractivity contribution is -0.111. The lowest BCUT2D eigenvalue weighted by Crippen LogP contribution is -2.23. The molecule has 0 aliphatic rings. The number of amides is 1. The van der Waals surface area contributed by atoms with Gasteiger partial charge >= 0.3 is 0 Å². The van der Waals surface area contributed by atoms with Crippen LogP contribution in [0.1, 0.15) is 11.1 Å². The monoisotopic (exact) mass is 374 g/mol. The zero-order chi connectivity index (χ0) is 19.3. The van der Waals surface area contributed by atoms with E-state index >= 15 is 0 Å². The summed E-state index contributed by atoms with van der Waals surface area (Å²) in [5.41, 5.74) is 1.85. The van der Waals surface area contributed by atoms with Gasteiger partial charge in [-0.15, -0.1) is 0 Å². The van der Waals surface area contributed by atoms with E-state index in [1.165, 1.54) is 26.2 Å². The van der Waals surface area contributed by atoms with Crippen molar-refractivity contribution in [2.24, 2.45) is 0 Å². The van der Waals surface area contributed by atoms with Gasteiger partial charge in [0.2, 0.25) is 15.9 Å². The molecule has 0 spiro atoms. The molecule has 2 aromatic rings. The second-order valence-corrected chi connectivity index (χ2v) is 7.99. The fourth-order valence-electron chi connectivity index (χ4n) is 2.25. The molecule has 0 aliphatic heterocycles. The molecule has 0 saturated heterocycles. The molecule has 26 heavy (non-hydrogen) atoms. The van der Waals surface area contributed by atoms with Gasteiger partial charge in [0, 0.05) is 25.9 Å². The fourth-order valence-corrected chi connectivity index (χ4v) is 3.40. The first-order chi connectivity index (χ1) is 12.2. The SMILES string of the molecule is COc1cccc(C=CC(=O)Nc2ccc(C)c(S(=O)(=O)N(C)C)c2)c1. The third kappa shape index (κ3) is 4.71. The smallest absolute Gasteiger partial charge is 0.248 e. The van der Waals surface area contributed by atoms with Crippen LogP contribution in [0.15, 0.2) is 53.4 Å². The molecule has 0 saturated carbocycles. The van der Waals surface area contributed by atoms with Crippen LogP contribution in [0.4, 0.5) is 5.69 Å². The molecule has 0 aromatic heterocycles. The van der Waals surface area contributed by atoms with Gasteiger partial charge in [-0.25, -0.2) is 12.7 Å². The normalized spacial score (nSPS) is 11.7. The van der Waals surface area contributed by atoms with Crippen molar-refractivity contribution in [1.82, 2.24) is 4.31 Å². The maximum absolute atomic E-state index is 12.3. The predicted octanol–water partition coefficient (Wildman–Crippen LogP) is 2.91. The maximum atomic E-state index is 12.3. The molecular formula is C19H22N2O4S. The van der Waals surface area contributed by atoms with E-state index in [-0.39, 0.29) is 10.8 Å². The highest BCUT2D eigenvalue weighted by Crippen LogP contribution is 2.22. The molecular weight excluding hydrogens is 352 g/mol. The van der Waals surface area contributed by atoms with Crippen LogP contribution in [-0.4, -0.2) is 39.8 Å². The van der Waals surface area contributed by atoms with Crippen molar-refractivity contribution >= 4 is 27.7 Å². The van der Waals surface area contributed by atoms with Crippen LogP contribution in [0.25, 0.3) is 6.08 Å². The van der Waals surface area contributed by atoms with Crippen molar-refractivity contribution in [2.75, 3.05) is 26.5 Å². The van der Waals surface area contributed by atoms with E-state index in [1.54, 1.807) is 38.3 Å². The number of aryl methyl sites for hydroxylation is 1. The van der Waals surface area contributed by atoms with Gasteiger partial charge in [0.15, 0.2) is 0 Å². The van der Waals surface area contributed by atoms with Gasteiger partial charge in [0.1, 0.15) is 5.75 Å². The van der Waals surface area contributed by atoms with Crippen LogP contribution >= 0.6 is 0 Å². The Morgan fingerprint density at radius 1 is 1.15 bits per heavy atom. The van der Waals surface area contributed by atoms with Gasteiger partial charge in [0.25, 0.3) is 0 Å². The van der Waals surface area contributed by atoms with Gasteiger partial charge < -0.3 is 10.1 Å². The van der Waals surface area contributed by atoms with Crippen molar-refractivity contribution in [3.05, 3.63) is 59.7 Å². The number of sulfonamides is 1. The summed E-state index contributed by atoms with van der Waals surface area (Å²) in [6.45, 7) is 1.71. The highest BCUT2D eigenvalue weighted by molar-refractivity contribution is 7.89. The number of nitrogens with one attached hydrogen (secondary N) is 1. The zero-order valence-corrected chi connectivity index (χ0v) is 16.0. The molecule has 7 heteroatoms. The second-order valence-electron chi connectivity index (χ2n) is 5.87. The molecule has 1 amide bonds. The molecule has 0 aliphatic carbocycles. The van der Waals surface area contributed by atoms with Gasteiger partial charge in [-0.2, -0.15) is 0 Å². The number of hydrogen-bond donors (Lipinski definition) is 1. The lowest BCUT2D eigenvalue weighted by atomic mass is 10.2. The van der Waals surface area contributed by atoms with E-state index in [1.807, 2.05) is 18.2 Å². The number of carbonyl (C=O) groups is 1. The summed E-state index contributed by atoms with van der Waals surface area (Å²) < 4.78 is 31.0. The minimum atomic E-state index is -3.58.